The van der Waals surface area contributed by atoms with Gasteiger partial charge in [0, 0.05) is 24.9 Å². The molecule has 1 aromatic carbocycles. The summed E-state index contributed by atoms with van der Waals surface area (Å²) in [7, 11) is -3.55. The highest BCUT2D eigenvalue weighted by atomic mass is 32.2. The minimum atomic E-state index is -3.55. The van der Waals surface area contributed by atoms with Crippen molar-refractivity contribution in [3.8, 4) is 0 Å². The first-order valence-electron chi connectivity index (χ1n) is 8.47. The summed E-state index contributed by atoms with van der Waals surface area (Å²) >= 11 is 5.09. The standard InChI is InChI=1S/C18H19N3O5S2/c22-17(8-5-15-2-1-11-26-15)20-18(27)19-14-3-6-16(7-4-14)28(23,24)21-9-12-25-13-10-21/h1-8,11H,9-10,12-13H2,(H2,19,20,22,27). The van der Waals surface area contributed by atoms with Crippen molar-refractivity contribution in [3.63, 3.8) is 0 Å². The third kappa shape index (κ3) is 5.26. The molecule has 1 fully saturated rings. The molecule has 0 radical (unpaired) electrons. The number of rotatable bonds is 5. The molecule has 0 atom stereocenters. The van der Waals surface area contributed by atoms with Gasteiger partial charge in [0.1, 0.15) is 5.76 Å². The highest BCUT2D eigenvalue weighted by Gasteiger charge is 2.26. The fourth-order valence-electron chi connectivity index (χ4n) is 2.51. The first-order valence-corrected chi connectivity index (χ1v) is 10.3. The Labute approximate surface area is 168 Å². The van der Waals surface area contributed by atoms with Gasteiger partial charge in [-0.25, -0.2) is 8.42 Å². The van der Waals surface area contributed by atoms with Crippen LogP contribution in [0.25, 0.3) is 6.08 Å². The summed E-state index contributed by atoms with van der Waals surface area (Å²) in [6.45, 7) is 1.45. The molecule has 2 N–H and O–H groups in total. The zero-order valence-electron chi connectivity index (χ0n) is 14.8. The van der Waals surface area contributed by atoms with Crippen LogP contribution in [0.3, 0.4) is 0 Å². The quantitative estimate of drug-likeness (QED) is 0.561. The van der Waals surface area contributed by atoms with Gasteiger partial charge in [-0.1, -0.05) is 0 Å². The van der Waals surface area contributed by atoms with Gasteiger partial charge in [-0.05, 0) is 54.7 Å². The summed E-state index contributed by atoms with van der Waals surface area (Å²) in [5.41, 5.74) is 0.557. The smallest absolute Gasteiger partial charge is 0.250 e. The van der Waals surface area contributed by atoms with Crippen LogP contribution >= 0.6 is 12.2 Å². The van der Waals surface area contributed by atoms with Gasteiger partial charge in [0.25, 0.3) is 0 Å². The maximum absolute atomic E-state index is 12.6. The lowest BCUT2D eigenvalue weighted by molar-refractivity contribution is -0.115. The van der Waals surface area contributed by atoms with Crippen LogP contribution in [0, 0.1) is 0 Å². The lowest BCUT2D eigenvalue weighted by atomic mass is 10.3. The molecule has 8 nitrogen and oxygen atoms in total. The number of furan rings is 1. The Morgan fingerprint density at radius 1 is 1.14 bits per heavy atom. The van der Waals surface area contributed by atoms with Gasteiger partial charge in [0.05, 0.1) is 24.4 Å². The highest BCUT2D eigenvalue weighted by molar-refractivity contribution is 7.89. The predicted octanol–water partition coefficient (Wildman–Crippen LogP) is 1.83. The monoisotopic (exact) mass is 421 g/mol. The second kappa shape index (κ2) is 9.11. The highest BCUT2D eigenvalue weighted by Crippen LogP contribution is 2.19. The maximum Gasteiger partial charge on any atom is 0.250 e. The van der Waals surface area contributed by atoms with Crippen molar-refractivity contribution < 1.29 is 22.4 Å². The number of hydrogen-bond acceptors (Lipinski definition) is 6. The van der Waals surface area contributed by atoms with Crippen LogP contribution in [-0.4, -0.2) is 50.0 Å². The average molecular weight is 422 g/mol. The number of nitrogens with zero attached hydrogens (tertiary/aromatic N) is 1. The van der Waals surface area contributed by atoms with Gasteiger partial charge < -0.3 is 14.5 Å². The molecule has 0 unspecified atom stereocenters. The minimum Gasteiger partial charge on any atom is -0.465 e. The molecule has 0 saturated carbocycles. The summed E-state index contributed by atoms with van der Waals surface area (Å²) in [5.74, 6) is 0.131. The molecule has 0 bridgehead atoms. The summed E-state index contributed by atoms with van der Waals surface area (Å²) < 4.78 is 36.9. The van der Waals surface area contributed by atoms with E-state index in [1.165, 1.54) is 34.9 Å². The van der Waals surface area contributed by atoms with Crippen LogP contribution in [0.2, 0.25) is 0 Å². The van der Waals surface area contributed by atoms with Gasteiger partial charge in [-0.2, -0.15) is 4.31 Å². The molecule has 10 heteroatoms. The van der Waals surface area contributed by atoms with Crippen molar-refractivity contribution in [1.82, 2.24) is 9.62 Å². The number of hydrogen-bond donors (Lipinski definition) is 2. The van der Waals surface area contributed by atoms with E-state index in [0.717, 1.165) is 0 Å². The molecule has 1 aliphatic rings. The fraction of sp³-hybridized carbons (Fsp3) is 0.222. The molecule has 2 heterocycles. The molecular formula is C18H19N3O5S2. The lowest BCUT2D eigenvalue weighted by Gasteiger charge is -2.26. The fourth-order valence-corrected chi connectivity index (χ4v) is 4.13. The Morgan fingerprint density at radius 2 is 1.86 bits per heavy atom. The second-order valence-electron chi connectivity index (χ2n) is 5.83. The zero-order valence-corrected chi connectivity index (χ0v) is 16.5. The number of carbonyl (C=O) groups is 1. The van der Waals surface area contributed by atoms with Crippen LogP contribution in [0.5, 0.6) is 0 Å². The van der Waals surface area contributed by atoms with Crippen LogP contribution in [-0.2, 0) is 19.6 Å². The van der Waals surface area contributed by atoms with Gasteiger partial charge in [0.2, 0.25) is 15.9 Å². The maximum atomic E-state index is 12.6. The Bertz CT molecular complexity index is 948. The molecule has 1 saturated heterocycles. The predicted molar refractivity (Wildman–Crippen MR) is 108 cm³/mol. The third-order valence-corrected chi connectivity index (χ3v) is 6.02. The first kappa shape index (κ1) is 20.2. The van der Waals surface area contributed by atoms with E-state index in [2.05, 4.69) is 10.6 Å². The molecule has 1 aliphatic heterocycles. The number of nitrogens with one attached hydrogen (secondary N) is 2. The van der Waals surface area contributed by atoms with Gasteiger partial charge >= 0.3 is 0 Å². The van der Waals surface area contributed by atoms with E-state index in [1.807, 2.05) is 0 Å². The van der Waals surface area contributed by atoms with Crippen LogP contribution < -0.4 is 10.6 Å². The molecular weight excluding hydrogens is 402 g/mol. The molecule has 28 heavy (non-hydrogen) atoms. The Morgan fingerprint density at radius 3 is 2.50 bits per heavy atom. The molecule has 1 aromatic heterocycles. The van der Waals surface area contributed by atoms with E-state index >= 15 is 0 Å². The number of benzene rings is 1. The van der Waals surface area contributed by atoms with E-state index < -0.39 is 15.9 Å². The number of ether oxygens (including phenoxy) is 1. The number of amides is 1. The van der Waals surface area contributed by atoms with Crippen molar-refractivity contribution in [2.24, 2.45) is 0 Å². The normalized spacial score (nSPS) is 15.4. The molecule has 0 aliphatic carbocycles. The van der Waals surface area contributed by atoms with Crippen molar-refractivity contribution >= 4 is 45.0 Å². The summed E-state index contributed by atoms with van der Waals surface area (Å²) in [4.78, 5) is 12.0. The first-order chi connectivity index (χ1) is 13.4. The van der Waals surface area contributed by atoms with Crippen LogP contribution in [0.4, 0.5) is 5.69 Å². The van der Waals surface area contributed by atoms with Crippen molar-refractivity contribution in [1.29, 1.82) is 0 Å². The van der Waals surface area contributed by atoms with Gasteiger partial charge in [0.15, 0.2) is 5.11 Å². The molecule has 1 amide bonds. The Kier molecular flexibility index (Phi) is 6.57. The van der Waals surface area contributed by atoms with Crippen LogP contribution in [0.15, 0.2) is 58.1 Å². The minimum absolute atomic E-state index is 0.0953. The third-order valence-electron chi connectivity index (χ3n) is 3.90. The van der Waals surface area contributed by atoms with Crippen LogP contribution in [0.1, 0.15) is 5.76 Å². The number of sulfonamides is 1. The molecule has 2 aromatic rings. The topological polar surface area (TPSA) is 101 Å². The van der Waals surface area contributed by atoms with E-state index in [4.69, 9.17) is 21.4 Å². The summed E-state index contributed by atoms with van der Waals surface area (Å²) in [6.07, 6.45) is 4.32. The zero-order chi connectivity index (χ0) is 20.0. The summed E-state index contributed by atoms with van der Waals surface area (Å²) in [6, 6.07) is 9.59. The van der Waals surface area contributed by atoms with Gasteiger partial charge in [-0.3, -0.25) is 10.1 Å². The average Bonchev–Trinajstić information content (AvgIpc) is 3.21. The Hall–Kier alpha value is -2.53. The van der Waals surface area contributed by atoms with Gasteiger partial charge in [-0.15, -0.1) is 0 Å². The largest absolute Gasteiger partial charge is 0.465 e. The molecule has 0 spiro atoms. The van der Waals surface area contributed by atoms with Crippen molar-refractivity contribution in [2.45, 2.75) is 4.90 Å². The number of morpholine rings is 1. The number of thiocarbonyl (C=S) groups is 1. The Balaban J connectivity index is 1.56. The number of anilines is 1. The summed E-state index contributed by atoms with van der Waals surface area (Å²) in [5, 5.41) is 5.43. The van der Waals surface area contributed by atoms with E-state index in [-0.39, 0.29) is 10.0 Å². The van der Waals surface area contributed by atoms with E-state index in [9.17, 15) is 13.2 Å². The van der Waals surface area contributed by atoms with E-state index in [1.54, 1.807) is 24.3 Å². The molecule has 3 rings (SSSR count). The lowest BCUT2D eigenvalue weighted by Crippen LogP contribution is -2.40. The number of carbonyl (C=O) groups excluding carboxylic acids is 1. The SMILES string of the molecule is O=C(C=Cc1ccco1)NC(=S)Nc1ccc(S(=O)(=O)N2CCOCC2)cc1. The molecule has 148 valence electrons. The van der Waals surface area contributed by atoms with Crippen molar-refractivity contribution in [2.75, 3.05) is 31.6 Å². The van der Waals surface area contributed by atoms with Crippen molar-refractivity contribution in [3.05, 3.63) is 54.5 Å². The second-order valence-corrected chi connectivity index (χ2v) is 8.18. The van der Waals surface area contributed by atoms with E-state index in [0.29, 0.717) is 37.8 Å².